The molecule has 3 heterocycles. The molecular formula is C18H15N3O2. The summed E-state index contributed by atoms with van der Waals surface area (Å²) in [4.78, 5) is 17.4. The Morgan fingerprint density at radius 3 is 2.61 bits per heavy atom. The van der Waals surface area contributed by atoms with Crippen LogP contribution < -0.4 is 10.3 Å². The van der Waals surface area contributed by atoms with Gasteiger partial charge in [-0.1, -0.05) is 30.3 Å². The van der Waals surface area contributed by atoms with Crippen molar-refractivity contribution in [3.63, 3.8) is 0 Å². The summed E-state index contributed by atoms with van der Waals surface area (Å²) in [6, 6.07) is 17.2. The molecule has 0 aliphatic carbocycles. The van der Waals surface area contributed by atoms with Crippen LogP contribution in [0.25, 0.3) is 16.7 Å². The van der Waals surface area contributed by atoms with Crippen molar-refractivity contribution in [2.45, 2.75) is 6.54 Å². The van der Waals surface area contributed by atoms with Crippen LogP contribution in [-0.2, 0) is 6.54 Å². The van der Waals surface area contributed by atoms with Gasteiger partial charge in [-0.2, -0.15) is 4.98 Å². The lowest BCUT2D eigenvalue weighted by Gasteiger charge is -2.13. The molecule has 0 saturated carbocycles. The van der Waals surface area contributed by atoms with E-state index in [2.05, 4.69) is 4.98 Å². The number of nitrogens with zero attached hydrogens (tertiary/aromatic N) is 3. The Kier molecular flexibility index (Phi) is 3.12. The number of benzene rings is 1. The number of pyridine rings is 1. The van der Waals surface area contributed by atoms with Crippen molar-refractivity contribution < 1.29 is 4.74 Å². The van der Waals surface area contributed by atoms with Crippen LogP contribution in [-0.4, -0.2) is 21.1 Å². The summed E-state index contributed by atoms with van der Waals surface area (Å²) in [5.41, 5.74) is 3.14. The van der Waals surface area contributed by atoms with E-state index >= 15 is 0 Å². The van der Waals surface area contributed by atoms with Gasteiger partial charge in [0, 0.05) is 12.3 Å². The van der Waals surface area contributed by atoms with Crippen LogP contribution in [0.3, 0.4) is 0 Å². The van der Waals surface area contributed by atoms with E-state index in [4.69, 9.17) is 4.74 Å². The average molecular weight is 305 g/mol. The van der Waals surface area contributed by atoms with Crippen LogP contribution in [0.4, 0.5) is 0 Å². The fourth-order valence-corrected chi connectivity index (χ4v) is 2.84. The second kappa shape index (κ2) is 5.28. The first-order chi connectivity index (χ1) is 11.3. The maximum Gasteiger partial charge on any atom is 0.275 e. The third kappa shape index (κ3) is 2.17. The Balaban J connectivity index is 2.04. The van der Waals surface area contributed by atoms with Crippen molar-refractivity contribution in [2.24, 2.45) is 0 Å². The van der Waals surface area contributed by atoms with Gasteiger partial charge < -0.3 is 4.74 Å². The number of hydrogen-bond donors (Lipinski definition) is 0. The molecule has 0 unspecified atom stereocenters. The molecule has 4 rings (SSSR count). The van der Waals surface area contributed by atoms with Crippen molar-refractivity contribution in [1.82, 2.24) is 14.0 Å². The lowest BCUT2D eigenvalue weighted by atomic mass is 10.2. The molecule has 5 heteroatoms. The zero-order valence-corrected chi connectivity index (χ0v) is 12.6. The highest BCUT2D eigenvalue weighted by atomic mass is 16.5. The zero-order valence-electron chi connectivity index (χ0n) is 12.6. The van der Waals surface area contributed by atoms with Crippen LogP contribution >= 0.6 is 0 Å². The van der Waals surface area contributed by atoms with Crippen molar-refractivity contribution in [2.75, 3.05) is 7.11 Å². The first kappa shape index (κ1) is 13.6. The Morgan fingerprint density at radius 1 is 1.00 bits per heavy atom. The molecule has 0 N–H and O–H groups in total. The normalized spacial score (nSPS) is 11.2. The number of fused-ring (bicyclic) bond motifs is 3. The predicted molar refractivity (Wildman–Crippen MR) is 89.1 cm³/mol. The van der Waals surface area contributed by atoms with E-state index in [1.807, 2.05) is 59.1 Å². The molecule has 0 saturated heterocycles. The van der Waals surface area contributed by atoms with Gasteiger partial charge in [0.15, 0.2) is 5.65 Å². The molecule has 0 aliphatic heterocycles. The summed E-state index contributed by atoms with van der Waals surface area (Å²) in [6.45, 7) is 0.506. The first-order valence-corrected chi connectivity index (χ1v) is 7.36. The minimum atomic E-state index is -0.0293. The molecule has 0 radical (unpaired) electrons. The Morgan fingerprint density at radius 2 is 1.83 bits per heavy atom. The fraction of sp³-hybridized carbons (Fsp3) is 0.111. The number of hydrogen-bond acceptors (Lipinski definition) is 3. The fourth-order valence-electron chi connectivity index (χ4n) is 2.84. The Hall–Kier alpha value is -3.08. The molecule has 0 bridgehead atoms. The van der Waals surface area contributed by atoms with Gasteiger partial charge in [0.25, 0.3) is 5.56 Å². The quantitative estimate of drug-likeness (QED) is 0.585. The Bertz CT molecular complexity index is 1050. The van der Waals surface area contributed by atoms with Gasteiger partial charge in [0.05, 0.1) is 19.2 Å². The zero-order chi connectivity index (χ0) is 15.8. The van der Waals surface area contributed by atoms with E-state index in [0.29, 0.717) is 23.6 Å². The van der Waals surface area contributed by atoms with Crippen LogP contribution in [0.15, 0.2) is 65.6 Å². The minimum Gasteiger partial charge on any atom is -0.481 e. The monoisotopic (exact) mass is 305 g/mol. The molecule has 1 aromatic carbocycles. The highest BCUT2D eigenvalue weighted by Gasteiger charge is 2.12. The highest BCUT2D eigenvalue weighted by Crippen LogP contribution is 2.18. The van der Waals surface area contributed by atoms with Gasteiger partial charge in [-0.3, -0.25) is 13.8 Å². The molecule has 5 nitrogen and oxygen atoms in total. The van der Waals surface area contributed by atoms with E-state index in [9.17, 15) is 4.79 Å². The van der Waals surface area contributed by atoms with Gasteiger partial charge in [-0.05, 0) is 23.8 Å². The van der Waals surface area contributed by atoms with E-state index in [-0.39, 0.29) is 5.56 Å². The van der Waals surface area contributed by atoms with Crippen molar-refractivity contribution in [3.8, 4) is 5.88 Å². The summed E-state index contributed by atoms with van der Waals surface area (Å²) in [7, 11) is 1.58. The van der Waals surface area contributed by atoms with Crippen LogP contribution in [0.1, 0.15) is 5.56 Å². The lowest BCUT2D eigenvalue weighted by molar-refractivity contribution is 0.399. The molecular weight excluding hydrogens is 290 g/mol. The maximum atomic E-state index is 12.8. The van der Waals surface area contributed by atoms with Crippen LogP contribution in [0.5, 0.6) is 5.88 Å². The largest absolute Gasteiger partial charge is 0.481 e. The number of rotatable bonds is 3. The van der Waals surface area contributed by atoms with Gasteiger partial charge in [0.2, 0.25) is 5.88 Å². The van der Waals surface area contributed by atoms with Crippen molar-refractivity contribution >= 4 is 16.7 Å². The maximum absolute atomic E-state index is 12.8. The second-order valence-corrected chi connectivity index (χ2v) is 5.34. The molecule has 0 aliphatic rings. The van der Waals surface area contributed by atoms with E-state index in [1.165, 1.54) is 0 Å². The predicted octanol–water partition coefficient (Wildman–Crippen LogP) is 2.71. The lowest BCUT2D eigenvalue weighted by Crippen LogP contribution is -2.23. The van der Waals surface area contributed by atoms with E-state index < -0.39 is 0 Å². The van der Waals surface area contributed by atoms with Crippen molar-refractivity contribution in [1.29, 1.82) is 0 Å². The van der Waals surface area contributed by atoms with Crippen LogP contribution in [0.2, 0.25) is 0 Å². The second-order valence-electron chi connectivity index (χ2n) is 5.34. The molecule has 0 fully saturated rings. The molecule has 0 atom stereocenters. The molecule has 114 valence electrons. The van der Waals surface area contributed by atoms with Crippen LogP contribution in [0, 0.1) is 0 Å². The van der Waals surface area contributed by atoms with E-state index in [0.717, 1.165) is 11.1 Å². The van der Waals surface area contributed by atoms with Gasteiger partial charge in [-0.15, -0.1) is 0 Å². The van der Waals surface area contributed by atoms with E-state index in [1.54, 1.807) is 17.7 Å². The molecule has 23 heavy (non-hydrogen) atoms. The number of aromatic nitrogens is 3. The summed E-state index contributed by atoms with van der Waals surface area (Å²) < 4.78 is 8.79. The third-order valence-corrected chi connectivity index (χ3v) is 3.95. The molecule has 0 amide bonds. The molecule has 3 aromatic heterocycles. The van der Waals surface area contributed by atoms with Gasteiger partial charge in [0.1, 0.15) is 5.52 Å². The minimum absolute atomic E-state index is 0.0293. The average Bonchev–Trinajstić information content (AvgIpc) is 3.09. The van der Waals surface area contributed by atoms with Crippen molar-refractivity contribution in [3.05, 3.63) is 76.7 Å². The first-order valence-electron chi connectivity index (χ1n) is 7.36. The third-order valence-electron chi connectivity index (χ3n) is 3.95. The smallest absolute Gasteiger partial charge is 0.275 e. The topological polar surface area (TPSA) is 48.5 Å². The molecule has 4 aromatic rings. The number of ether oxygens (including phenoxy) is 1. The van der Waals surface area contributed by atoms with Gasteiger partial charge in [-0.25, -0.2) is 0 Å². The standard InChI is InChI=1S/C18H15N3O2/c1-23-16-10-9-14-17(19-16)20-11-5-8-15(20)18(22)21(14)12-13-6-3-2-4-7-13/h2-11H,12H2,1H3. The number of methoxy groups -OCH3 is 1. The SMILES string of the molecule is COc1ccc2c(n1)n1cccc1c(=O)n2Cc1ccccc1. The van der Waals surface area contributed by atoms with Gasteiger partial charge >= 0.3 is 0 Å². The summed E-state index contributed by atoms with van der Waals surface area (Å²) in [5.74, 6) is 0.525. The summed E-state index contributed by atoms with van der Waals surface area (Å²) in [6.07, 6.45) is 1.85. The summed E-state index contributed by atoms with van der Waals surface area (Å²) in [5, 5.41) is 0. The Labute approximate surface area is 132 Å². The highest BCUT2D eigenvalue weighted by molar-refractivity contribution is 5.76. The summed E-state index contributed by atoms with van der Waals surface area (Å²) >= 11 is 0. The molecule has 0 spiro atoms.